The summed E-state index contributed by atoms with van der Waals surface area (Å²) in [7, 11) is 3.20. The van der Waals surface area contributed by atoms with E-state index in [0.717, 1.165) is 62.0 Å². The molecule has 0 spiro atoms. The highest BCUT2D eigenvalue weighted by Crippen LogP contribution is 2.34. The number of aromatic nitrogens is 2. The minimum Gasteiger partial charge on any atom is -0.467 e. The van der Waals surface area contributed by atoms with Crippen LogP contribution in [-0.2, 0) is 20.6 Å². The number of rotatable bonds is 10. The summed E-state index contributed by atoms with van der Waals surface area (Å²) in [6, 6.07) is 6.56. The van der Waals surface area contributed by atoms with Crippen LogP contribution >= 0.6 is 0 Å². The van der Waals surface area contributed by atoms with Crippen LogP contribution < -0.4 is 14.8 Å². The molecule has 1 aromatic heterocycles. The minimum atomic E-state index is -4.73. The van der Waals surface area contributed by atoms with Crippen LogP contribution in [0.25, 0.3) is 0 Å². The highest BCUT2D eigenvalue weighted by Gasteiger charge is 2.33. The summed E-state index contributed by atoms with van der Waals surface area (Å²) in [4.78, 5) is 24.6. The van der Waals surface area contributed by atoms with Gasteiger partial charge in [-0.25, -0.2) is 0 Å². The minimum absolute atomic E-state index is 0.0335. The number of benzene rings is 1. The van der Waals surface area contributed by atoms with Crippen molar-refractivity contribution in [3.63, 3.8) is 0 Å². The second kappa shape index (κ2) is 15.1. The molecule has 3 fully saturated rings. The molecule has 1 aromatic carbocycles. The van der Waals surface area contributed by atoms with E-state index in [1.165, 1.54) is 19.2 Å². The van der Waals surface area contributed by atoms with Gasteiger partial charge in [0.05, 0.1) is 37.7 Å². The van der Waals surface area contributed by atoms with E-state index < -0.39 is 6.36 Å². The maximum Gasteiger partial charge on any atom is 0.573 e. The van der Waals surface area contributed by atoms with Crippen LogP contribution in [0.1, 0.15) is 78.4 Å². The van der Waals surface area contributed by atoms with Gasteiger partial charge in [-0.15, -0.1) is 13.2 Å². The van der Waals surface area contributed by atoms with E-state index in [-0.39, 0.29) is 42.0 Å². The van der Waals surface area contributed by atoms with Crippen molar-refractivity contribution in [1.82, 2.24) is 20.2 Å². The standard InChI is InChI=1S/C32H43F3N4O6/c1-20-25(12-11-23-5-4-6-27(44-23)21-7-9-24(10-8-21)45-32(33,34)35)37-31(42-3)38-29(20)30(40)39-16-13-22(14-17-39)36-26-15-18-43-19-28(26)41-2/h7-10,22-23,26-28,36H,4-6,11-19H2,1-3H3/t23-,26+,27+,28-/m1/s1. The quantitative estimate of drug-likeness (QED) is 0.389. The lowest BCUT2D eigenvalue weighted by molar-refractivity contribution is -0.274. The molecule has 5 rings (SSSR count). The maximum absolute atomic E-state index is 13.7. The Morgan fingerprint density at radius 2 is 1.82 bits per heavy atom. The molecule has 248 valence electrons. The van der Waals surface area contributed by atoms with Gasteiger partial charge in [0.2, 0.25) is 0 Å². The highest BCUT2D eigenvalue weighted by molar-refractivity contribution is 5.94. The van der Waals surface area contributed by atoms with Gasteiger partial charge in [-0.05, 0) is 76.0 Å². The number of hydrogen-bond donors (Lipinski definition) is 1. The lowest BCUT2D eigenvalue weighted by atomic mass is 9.95. The van der Waals surface area contributed by atoms with Crippen LogP contribution in [0, 0.1) is 6.92 Å². The molecule has 10 nitrogen and oxygen atoms in total. The van der Waals surface area contributed by atoms with E-state index >= 15 is 0 Å². The zero-order valence-corrected chi connectivity index (χ0v) is 26.1. The highest BCUT2D eigenvalue weighted by atomic mass is 19.4. The molecule has 3 saturated heterocycles. The van der Waals surface area contributed by atoms with Crippen molar-refractivity contribution in [3.8, 4) is 11.8 Å². The monoisotopic (exact) mass is 636 g/mol. The summed E-state index contributed by atoms with van der Waals surface area (Å²) in [5, 5.41) is 3.72. The van der Waals surface area contributed by atoms with Crippen molar-refractivity contribution in [2.24, 2.45) is 0 Å². The lowest BCUT2D eigenvalue weighted by Crippen LogP contribution is -2.54. The second-order valence-electron chi connectivity index (χ2n) is 11.9. The van der Waals surface area contributed by atoms with E-state index in [1.807, 2.05) is 11.8 Å². The van der Waals surface area contributed by atoms with Gasteiger partial charge in [-0.2, -0.15) is 9.97 Å². The number of alkyl halides is 3. The Morgan fingerprint density at radius 3 is 2.51 bits per heavy atom. The van der Waals surface area contributed by atoms with Gasteiger partial charge in [0.25, 0.3) is 5.91 Å². The van der Waals surface area contributed by atoms with Gasteiger partial charge in [-0.3, -0.25) is 4.79 Å². The van der Waals surface area contributed by atoms with E-state index in [2.05, 4.69) is 20.0 Å². The molecule has 13 heteroatoms. The Hall–Kier alpha value is -3.00. The average molecular weight is 637 g/mol. The molecule has 0 unspecified atom stereocenters. The molecule has 0 radical (unpaired) electrons. The predicted octanol–water partition coefficient (Wildman–Crippen LogP) is 4.93. The smallest absolute Gasteiger partial charge is 0.467 e. The SMILES string of the molecule is COc1nc(CC[C@H]2CCC[C@@H](c3ccc(OC(F)(F)F)cc3)O2)c(C)c(C(=O)N2CCC(N[C@H]3CCOC[C@H]3OC)CC2)n1. The summed E-state index contributed by atoms with van der Waals surface area (Å²) in [5.41, 5.74) is 2.65. The number of halogens is 3. The van der Waals surface area contributed by atoms with Crippen molar-refractivity contribution in [1.29, 1.82) is 0 Å². The maximum atomic E-state index is 13.7. The van der Waals surface area contributed by atoms with Crippen LogP contribution in [0.5, 0.6) is 11.8 Å². The van der Waals surface area contributed by atoms with Gasteiger partial charge >= 0.3 is 12.4 Å². The topological polar surface area (TPSA) is 104 Å². The number of methoxy groups -OCH3 is 2. The van der Waals surface area contributed by atoms with E-state index in [1.54, 1.807) is 19.2 Å². The van der Waals surface area contributed by atoms with Crippen LogP contribution in [0.2, 0.25) is 0 Å². The molecule has 0 aliphatic carbocycles. The third-order valence-corrected chi connectivity index (χ3v) is 8.99. The molecule has 4 heterocycles. The fourth-order valence-electron chi connectivity index (χ4n) is 6.46. The van der Waals surface area contributed by atoms with Gasteiger partial charge in [0.1, 0.15) is 11.4 Å². The molecule has 3 aliphatic rings. The molecule has 2 aromatic rings. The fraction of sp³-hybridized carbons (Fsp3) is 0.656. The van der Waals surface area contributed by atoms with Crippen molar-refractivity contribution in [2.75, 3.05) is 40.5 Å². The van der Waals surface area contributed by atoms with E-state index in [9.17, 15) is 18.0 Å². The molecule has 3 aliphatic heterocycles. The molecule has 0 saturated carbocycles. The Kier molecular flexibility index (Phi) is 11.2. The van der Waals surface area contributed by atoms with Crippen LogP contribution in [-0.4, -0.2) is 92.0 Å². The average Bonchev–Trinajstić information content (AvgIpc) is 3.04. The molecule has 1 amide bonds. The third kappa shape index (κ3) is 8.84. The van der Waals surface area contributed by atoms with Crippen LogP contribution in [0.15, 0.2) is 24.3 Å². The molecule has 1 N–H and O–H groups in total. The Labute approximate surface area is 261 Å². The van der Waals surface area contributed by atoms with Gasteiger partial charge in [-0.1, -0.05) is 12.1 Å². The Bertz CT molecular complexity index is 1270. The summed E-state index contributed by atoms with van der Waals surface area (Å²) < 4.78 is 64.4. The summed E-state index contributed by atoms with van der Waals surface area (Å²) in [5.74, 6) is -0.381. The predicted molar refractivity (Wildman–Crippen MR) is 158 cm³/mol. The molecule has 45 heavy (non-hydrogen) atoms. The zero-order valence-electron chi connectivity index (χ0n) is 26.1. The first kappa shape index (κ1) is 33.4. The van der Waals surface area contributed by atoms with Crippen molar-refractivity contribution >= 4 is 5.91 Å². The number of ether oxygens (including phenoxy) is 5. The lowest BCUT2D eigenvalue weighted by Gasteiger charge is -2.38. The summed E-state index contributed by atoms with van der Waals surface area (Å²) in [6.07, 6.45) is 1.42. The first-order valence-electron chi connectivity index (χ1n) is 15.7. The van der Waals surface area contributed by atoms with E-state index in [0.29, 0.717) is 44.3 Å². The largest absolute Gasteiger partial charge is 0.573 e. The zero-order chi connectivity index (χ0) is 32.0. The fourth-order valence-corrected chi connectivity index (χ4v) is 6.46. The Morgan fingerprint density at radius 1 is 1.07 bits per heavy atom. The number of hydrogen-bond acceptors (Lipinski definition) is 9. The first-order chi connectivity index (χ1) is 21.6. The number of nitrogens with one attached hydrogen (secondary N) is 1. The molecular formula is C32H43F3N4O6. The number of piperidine rings is 1. The normalized spacial score (nSPS) is 24.8. The molecule has 4 atom stereocenters. The van der Waals surface area contributed by atoms with Crippen LogP contribution in [0.3, 0.4) is 0 Å². The van der Waals surface area contributed by atoms with Crippen molar-refractivity contribution in [3.05, 3.63) is 46.8 Å². The number of nitrogens with zero attached hydrogens (tertiary/aromatic N) is 3. The number of carbonyl (C=O) groups excluding carboxylic acids is 1. The van der Waals surface area contributed by atoms with Gasteiger partial charge in [0, 0.05) is 44.5 Å². The van der Waals surface area contributed by atoms with E-state index in [4.69, 9.17) is 18.9 Å². The molecular weight excluding hydrogens is 593 g/mol. The third-order valence-electron chi connectivity index (χ3n) is 8.99. The number of carbonyl (C=O) groups is 1. The van der Waals surface area contributed by atoms with Crippen molar-refractivity contribution in [2.45, 2.75) is 95.0 Å². The van der Waals surface area contributed by atoms with Crippen LogP contribution in [0.4, 0.5) is 13.2 Å². The van der Waals surface area contributed by atoms with Gasteiger partial charge < -0.3 is 33.9 Å². The first-order valence-corrected chi connectivity index (χ1v) is 15.7. The number of amides is 1. The van der Waals surface area contributed by atoms with Gasteiger partial charge in [0.15, 0.2) is 0 Å². The summed E-state index contributed by atoms with van der Waals surface area (Å²) >= 11 is 0. The number of aryl methyl sites for hydroxylation is 1. The second-order valence-corrected chi connectivity index (χ2v) is 11.9. The number of likely N-dealkylation sites (tertiary alicyclic amines) is 1. The molecule has 0 bridgehead atoms. The van der Waals surface area contributed by atoms with Crippen molar-refractivity contribution < 1.29 is 41.7 Å². The Balaban J connectivity index is 1.17. The summed E-state index contributed by atoms with van der Waals surface area (Å²) in [6.45, 7) is 4.44.